The second-order valence-corrected chi connectivity index (χ2v) is 6.02. The summed E-state index contributed by atoms with van der Waals surface area (Å²) in [5.41, 5.74) is 0.605. The SMILES string of the molecule is Cc1c(O)ccc2c(COC(=O)COc3ccc(Cl)cc3)cc(=O)oc12. The first-order valence-electron chi connectivity index (χ1n) is 7.73. The summed E-state index contributed by atoms with van der Waals surface area (Å²) in [6.45, 7) is 1.24. The van der Waals surface area contributed by atoms with Crippen LogP contribution in [-0.4, -0.2) is 17.7 Å². The van der Waals surface area contributed by atoms with Crippen LogP contribution in [-0.2, 0) is 16.1 Å². The van der Waals surface area contributed by atoms with Crippen LogP contribution >= 0.6 is 11.6 Å². The molecule has 0 aliphatic heterocycles. The van der Waals surface area contributed by atoms with E-state index in [-0.39, 0.29) is 24.5 Å². The number of hydrogen-bond acceptors (Lipinski definition) is 6. The molecule has 1 aromatic heterocycles. The minimum absolute atomic E-state index is 0.0196. The average Bonchev–Trinajstić information content (AvgIpc) is 2.62. The number of benzene rings is 2. The molecule has 1 N–H and O–H groups in total. The van der Waals surface area contributed by atoms with Gasteiger partial charge in [-0.15, -0.1) is 0 Å². The highest BCUT2D eigenvalue weighted by molar-refractivity contribution is 6.30. The second kappa shape index (κ2) is 7.49. The van der Waals surface area contributed by atoms with Crippen molar-refractivity contribution in [3.8, 4) is 11.5 Å². The van der Waals surface area contributed by atoms with Gasteiger partial charge in [0, 0.05) is 27.6 Å². The summed E-state index contributed by atoms with van der Waals surface area (Å²) >= 11 is 5.78. The molecule has 0 spiro atoms. The van der Waals surface area contributed by atoms with Gasteiger partial charge >= 0.3 is 11.6 Å². The third-order valence-electron chi connectivity index (χ3n) is 3.78. The molecule has 134 valence electrons. The van der Waals surface area contributed by atoms with Crippen LogP contribution in [0.1, 0.15) is 11.1 Å². The standard InChI is InChI=1S/C19H15ClO6/c1-11-16(21)7-6-15-12(8-17(22)26-19(11)15)9-25-18(23)10-24-14-4-2-13(20)3-5-14/h2-8,21H,9-10H2,1H3. The normalized spacial score (nSPS) is 10.7. The lowest BCUT2D eigenvalue weighted by molar-refractivity contribution is -0.147. The molecular formula is C19H15ClO6. The first-order chi connectivity index (χ1) is 12.4. The molecule has 26 heavy (non-hydrogen) atoms. The van der Waals surface area contributed by atoms with E-state index in [1.54, 1.807) is 37.3 Å². The molecule has 0 saturated carbocycles. The van der Waals surface area contributed by atoms with E-state index in [1.165, 1.54) is 12.1 Å². The fourth-order valence-corrected chi connectivity index (χ4v) is 2.53. The Morgan fingerprint density at radius 2 is 1.92 bits per heavy atom. The lowest BCUT2D eigenvalue weighted by Gasteiger charge is -2.10. The zero-order valence-electron chi connectivity index (χ0n) is 13.8. The maximum absolute atomic E-state index is 11.9. The van der Waals surface area contributed by atoms with Gasteiger partial charge in [-0.3, -0.25) is 0 Å². The van der Waals surface area contributed by atoms with E-state index in [2.05, 4.69) is 0 Å². The second-order valence-electron chi connectivity index (χ2n) is 5.58. The lowest BCUT2D eigenvalue weighted by Crippen LogP contribution is -2.15. The van der Waals surface area contributed by atoms with Gasteiger partial charge in [-0.1, -0.05) is 11.6 Å². The van der Waals surface area contributed by atoms with Gasteiger partial charge in [0.25, 0.3) is 0 Å². The lowest BCUT2D eigenvalue weighted by atomic mass is 10.1. The molecule has 1 heterocycles. The van der Waals surface area contributed by atoms with E-state index < -0.39 is 11.6 Å². The number of carbonyl (C=O) groups is 1. The Morgan fingerprint density at radius 1 is 1.19 bits per heavy atom. The van der Waals surface area contributed by atoms with Gasteiger partial charge in [-0.2, -0.15) is 0 Å². The van der Waals surface area contributed by atoms with Crippen LogP contribution in [0.15, 0.2) is 51.7 Å². The number of esters is 1. The van der Waals surface area contributed by atoms with E-state index in [0.29, 0.717) is 27.3 Å². The molecule has 0 atom stereocenters. The number of aromatic hydroxyl groups is 1. The Balaban J connectivity index is 1.69. The van der Waals surface area contributed by atoms with Gasteiger partial charge in [-0.25, -0.2) is 9.59 Å². The van der Waals surface area contributed by atoms with Gasteiger partial charge in [0.15, 0.2) is 6.61 Å². The smallest absolute Gasteiger partial charge is 0.344 e. The summed E-state index contributed by atoms with van der Waals surface area (Å²) in [5.74, 6) is -0.0775. The van der Waals surface area contributed by atoms with E-state index in [9.17, 15) is 14.7 Å². The largest absolute Gasteiger partial charge is 0.508 e. The zero-order valence-corrected chi connectivity index (χ0v) is 14.6. The summed E-state index contributed by atoms with van der Waals surface area (Å²) < 4.78 is 15.6. The number of carbonyl (C=O) groups excluding carboxylic acids is 1. The molecule has 0 radical (unpaired) electrons. The first-order valence-corrected chi connectivity index (χ1v) is 8.11. The molecule has 0 bridgehead atoms. The molecule has 0 amide bonds. The Kier molecular flexibility index (Phi) is 5.14. The van der Waals surface area contributed by atoms with Gasteiger partial charge in [0.1, 0.15) is 23.7 Å². The quantitative estimate of drug-likeness (QED) is 0.542. The number of phenols is 1. The van der Waals surface area contributed by atoms with Crippen LogP contribution < -0.4 is 10.4 Å². The highest BCUT2D eigenvalue weighted by atomic mass is 35.5. The Labute approximate surface area is 153 Å². The minimum Gasteiger partial charge on any atom is -0.508 e. The molecule has 0 unspecified atom stereocenters. The van der Waals surface area contributed by atoms with Crippen molar-refractivity contribution in [3.63, 3.8) is 0 Å². The van der Waals surface area contributed by atoms with Crippen LogP contribution in [0, 0.1) is 6.92 Å². The molecular weight excluding hydrogens is 360 g/mol. The van der Waals surface area contributed by atoms with Crippen LogP contribution in [0.3, 0.4) is 0 Å². The van der Waals surface area contributed by atoms with Crippen molar-refractivity contribution in [2.75, 3.05) is 6.61 Å². The Morgan fingerprint density at radius 3 is 2.65 bits per heavy atom. The summed E-state index contributed by atoms with van der Waals surface area (Å²) in [6.07, 6.45) is 0. The van der Waals surface area contributed by atoms with Gasteiger partial charge in [0.05, 0.1) is 0 Å². The number of phenolic OH excluding ortho intramolecular Hbond substituents is 1. The molecule has 2 aromatic carbocycles. The monoisotopic (exact) mass is 374 g/mol. The maximum Gasteiger partial charge on any atom is 0.344 e. The van der Waals surface area contributed by atoms with Gasteiger partial charge in [0.2, 0.25) is 0 Å². The Bertz CT molecular complexity index is 1010. The van der Waals surface area contributed by atoms with E-state index >= 15 is 0 Å². The number of halogens is 1. The highest BCUT2D eigenvalue weighted by Crippen LogP contribution is 2.27. The van der Waals surface area contributed by atoms with Crippen molar-refractivity contribution < 1.29 is 23.8 Å². The predicted octanol–water partition coefficient (Wildman–Crippen LogP) is 3.58. The first kappa shape index (κ1) is 17.8. The van der Waals surface area contributed by atoms with Crippen LogP contribution in [0.25, 0.3) is 11.0 Å². The minimum atomic E-state index is -0.588. The van der Waals surface area contributed by atoms with Crippen molar-refractivity contribution in [2.24, 2.45) is 0 Å². The van der Waals surface area contributed by atoms with Crippen molar-refractivity contribution >= 4 is 28.5 Å². The van der Waals surface area contributed by atoms with E-state index in [0.717, 1.165) is 0 Å². The van der Waals surface area contributed by atoms with Crippen molar-refractivity contribution in [1.82, 2.24) is 0 Å². The van der Waals surface area contributed by atoms with Crippen LogP contribution in [0.4, 0.5) is 0 Å². The van der Waals surface area contributed by atoms with Crippen molar-refractivity contribution in [2.45, 2.75) is 13.5 Å². The topological polar surface area (TPSA) is 86.0 Å². The molecule has 7 heteroatoms. The number of aryl methyl sites for hydroxylation is 1. The summed E-state index contributed by atoms with van der Waals surface area (Å²) in [7, 11) is 0. The Hall–Kier alpha value is -2.99. The molecule has 3 aromatic rings. The number of fused-ring (bicyclic) bond motifs is 1. The summed E-state index contributed by atoms with van der Waals surface area (Å²) in [5, 5.41) is 10.9. The van der Waals surface area contributed by atoms with E-state index in [1.807, 2.05) is 0 Å². The average molecular weight is 375 g/mol. The number of hydrogen-bond donors (Lipinski definition) is 1. The molecule has 3 rings (SSSR count). The van der Waals surface area contributed by atoms with E-state index in [4.69, 9.17) is 25.5 Å². The highest BCUT2D eigenvalue weighted by Gasteiger charge is 2.13. The molecule has 0 fully saturated rings. The van der Waals surface area contributed by atoms with Crippen LogP contribution in [0.5, 0.6) is 11.5 Å². The molecule has 0 aliphatic carbocycles. The third-order valence-corrected chi connectivity index (χ3v) is 4.03. The fourth-order valence-electron chi connectivity index (χ4n) is 2.41. The number of ether oxygens (including phenoxy) is 2. The third kappa shape index (κ3) is 3.97. The van der Waals surface area contributed by atoms with Crippen molar-refractivity contribution in [3.05, 3.63) is 69.0 Å². The number of rotatable bonds is 5. The predicted molar refractivity (Wildman–Crippen MR) is 95.6 cm³/mol. The van der Waals surface area contributed by atoms with Gasteiger partial charge in [-0.05, 0) is 43.3 Å². The molecule has 0 saturated heterocycles. The molecule has 0 aliphatic rings. The summed E-state index contributed by atoms with van der Waals surface area (Å²) in [6, 6.07) is 10.9. The maximum atomic E-state index is 11.9. The van der Waals surface area contributed by atoms with Crippen molar-refractivity contribution in [1.29, 1.82) is 0 Å². The van der Waals surface area contributed by atoms with Gasteiger partial charge < -0.3 is 19.0 Å². The molecule has 6 nitrogen and oxygen atoms in total. The zero-order chi connectivity index (χ0) is 18.7. The summed E-state index contributed by atoms with van der Waals surface area (Å²) in [4.78, 5) is 23.6. The van der Waals surface area contributed by atoms with Crippen LogP contribution in [0.2, 0.25) is 5.02 Å². The fraction of sp³-hybridized carbons (Fsp3) is 0.158.